The van der Waals surface area contributed by atoms with Crippen molar-refractivity contribution in [1.82, 2.24) is 4.90 Å². The molecule has 25 heavy (non-hydrogen) atoms. The van der Waals surface area contributed by atoms with Gasteiger partial charge < -0.3 is 19.9 Å². The second kappa shape index (κ2) is 7.85. The van der Waals surface area contributed by atoms with Crippen LogP contribution in [0.25, 0.3) is 0 Å². The van der Waals surface area contributed by atoms with Gasteiger partial charge in [0.1, 0.15) is 5.75 Å². The van der Waals surface area contributed by atoms with Crippen molar-refractivity contribution < 1.29 is 9.53 Å². The highest BCUT2D eigenvalue weighted by Crippen LogP contribution is 2.26. The van der Waals surface area contributed by atoms with Crippen LogP contribution in [0.1, 0.15) is 0 Å². The Morgan fingerprint density at radius 2 is 1.72 bits per heavy atom. The molecule has 0 spiro atoms. The number of anilines is 2. The molecule has 2 amide bonds. The minimum atomic E-state index is -0.154. The number of urea groups is 1. The van der Waals surface area contributed by atoms with Crippen molar-refractivity contribution in [2.24, 2.45) is 0 Å². The van der Waals surface area contributed by atoms with Crippen LogP contribution in [0, 0.1) is 0 Å². The average molecular weight is 380 g/mol. The second-order valence-electron chi connectivity index (χ2n) is 5.73. The summed E-state index contributed by atoms with van der Waals surface area (Å²) in [6, 6.07) is 12.8. The Hall–Kier alpha value is -2.11. The molecule has 132 valence electrons. The van der Waals surface area contributed by atoms with Crippen LogP contribution in [0.15, 0.2) is 42.5 Å². The minimum Gasteiger partial charge on any atom is -0.497 e. The standard InChI is InChI=1S/C18H19Cl2N3O2/c1-25-15-5-3-14(4-6-15)22-8-10-23(11-9-22)18(24)21-17-7-2-13(19)12-16(17)20/h2-7,12H,8-11H2,1H3,(H,21,24). The summed E-state index contributed by atoms with van der Waals surface area (Å²) in [7, 11) is 1.65. The van der Waals surface area contributed by atoms with Crippen molar-refractivity contribution >= 4 is 40.6 Å². The molecule has 1 N–H and O–H groups in total. The lowest BCUT2D eigenvalue weighted by molar-refractivity contribution is 0.208. The third-order valence-corrected chi connectivity index (χ3v) is 4.72. The predicted octanol–water partition coefficient (Wildman–Crippen LogP) is 4.36. The topological polar surface area (TPSA) is 44.8 Å². The number of ether oxygens (including phenoxy) is 1. The molecule has 1 aliphatic heterocycles. The zero-order chi connectivity index (χ0) is 17.8. The number of carbonyl (C=O) groups is 1. The van der Waals surface area contributed by atoms with Crippen LogP contribution in [0.5, 0.6) is 5.75 Å². The molecular formula is C18H19Cl2N3O2. The summed E-state index contributed by atoms with van der Waals surface area (Å²) in [5.74, 6) is 0.835. The maximum absolute atomic E-state index is 12.4. The number of rotatable bonds is 3. The molecule has 5 nitrogen and oxygen atoms in total. The summed E-state index contributed by atoms with van der Waals surface area (Å²) in [4.78, 5) is 16.5. The van der Waals surface area contributed by atoms with E-state index < -0.39 is 0 Å². The molecule has 0 aliphatic carbocycles. The Kier molecular flexibility index (Phi) is 5.56. The van der Waals surface area contributed by atoms with E-state index in [1.807, 2.05) is 24.3 Å². The number of piperazine rings is 1. The van der Waals surface area contributed by atoms with E-state index in [0.29, 0.717) is 28.8 Å². The summed E-state index contributed by atoms with van der Waals surface area (Å²) >= 11 is 12.0. The first-order chi connectivity index (χ1) is 12.1. The van der Waals surface area contributed by atoms with Crippen molar-refractivity contribution in [1.29, 1.82) is 0 Å². The van der Waals surface area contributed by atoms with Gasteiger partial charge in [-0.3, -0.25) is 0 Å². The Labute approximate surface area is 157 Å². The lowest BCUT2D eigenvalue weighted by Gasteiger charge is -2.36. The number of amides is 2. The number of benzene rings is 2. The van der Waals surface area contributed by atoms with Crippen LogP contribution in [0.3, 0.4) is 0 Å². The number of methoxy groups -OCH3 is 1. The van der Waals surface area contributed by atoms with Gasteiger partial charge in [-0.05, 0) is 42.5 Å². The van der Waals surface area contributed by atoms with Gasteiger partial charge in [-0.25, -0.2) is 4.79 Å². The van der Waals surface area contributed by atoms with Gasteiger partial charge >= 0.3 is 6.03 Å². The molecule has 2 aromatic rings. The zero-order valence-corrected chi connectivity index (χ0v) is 15.3. The molecule has 1 saturated heterocycles. The van der Waals surface area contributed by atoms with Gasteiger partial charge in [0.15, 0.2) is 0 Å². The molecule has 3 rings (SSSR count). The van der Waals surface area contributed by atoms with E-state index in [4.69, 9.17) is 27.9 Å². The van der Waals surface area contributed by atoms with Gasteiger partial charge in [-0.1, -0.05) is 23.2 Å². The molecule has 2 aromatic carbocycles. The smallest absolute Gasteiger partial charge is 0.322 e. The van der Waals surface area contributed by atoms with E-state index >= 15 is 0 Å². The van der Waals surface area contributed by atoms with Crippen molar-refractivity contribution in [2.45, 2.75) is 0 Å². The van der Waals surface area contributed by atoms with Gasteiger partial charge in [0.05, 0.1) is 17.8 Å². The highest BCUT2D eigenvalue weighted by atomic mass is 35.5. The monoisotopic (exact) mass is 379 g/mol. The van der Waals surface area contributed by atoms with Crippen LogP contribution in [-0.4, -0.2) is 44.2 Å². The first-order valence-corrected chi connectivity index (χ1v) is 8.72. The molecule has 0 saturated carbocycles. The summed E-state index contributed by atoms with van der Waals surface area (Å²) in [6.07, 6.45) is 0. The molecule has 1 fully saturated rings. The molecule has 0 bridgehead atoms. The SMILES string of the molecule is COc1ccc(N2CCN(C(=O)Nc3ccc(Cl)cc3Cl)CC2)cc1. The van der Waals surface area contributed by atoms with E-state index in [2.05, 4.69) is 10.2 Å². The van der Waals surface area contributed by atoms with E-state index in [0.717, 1.165) is 24.5 Å². The van der Waals surface area contributed by atoms with Crippen LogP contribution >= 0.6 is 23.2 Å². The molecular weight excluding hydrogens is 361 g/mol. The van der Waals surface area contributed by atoms with E-state index in [1.54, 1.807) is 30.2 Å². The first kappa shape index (κ1) is 17.7. The van der Waals surface area contributed by atoms with Crippen molar-refractivity contribution in [2.75, 3.05) is 43.5 Å². The van der Waals surface area contributed by atoms with Crippen molar-refractivity contribution in [3.05, 3.63) is 52.5 Å². The molecule has 7 heteroatoms. The number of carbonyl (C=O) groups excluding carboxylic acids is 1. The fraction of sp³-hybridized carbons (Fsp3) is 0.278. The van der Waals surface area contributed by atoms with E-state index in [1.165, 1.54) is 0 Å². The van der Waals surface area contributed by atoms with Gasteiger partial charge in [0.2, 0.25) is 0 Å². The fourth-order valence-electron chi connectivity index (χ4n) is 2.75. The van der Waals surface area contributed by atoms with Crippen molar-refractivity contribution in [3.63, 3.8) is 0 Å². The minimum absolute atomic E-state index is 0.154. The van der Waals surface area contributed by atoms with Crippen LogP contribution in [0.4, 0.5) is 16.2 Å². The average Bonchev–Trinajstić information content (AvgIpc) is 2.64. The number of hydrogen-bond donors (Lipinski definition) is 1. The van der Waals surface area contributed by atoms with Crippen molar-refractivity contribution in [3.8, 4) is 5.75 Å². The van der Waals surface area contributed by atoms with Gasteiger partial charge in [-0.15, -0.1) is 0 Å². The van der Waals surface area contributed by atoms with Crippen LogP contribution in [0.2, 0.25) is 10.0 Å². The number of nitrogens with one attached hydrogen (secondary N) is 1. The van der Waals surface area contributed by atoms with E-state index in [9.17, 15) is 4.79 Å². The Balaban J connectivity index is 1.56. The third-order valence-electron chi connectivity index (χ3n) is 4.18. The van der Waals surface area contributed by atoms with Gasteiger partial charge in [-0.2, -0.15) is 0 Å². The molecule has 0 aromatic heterocycles. The van der Waals surface area contributed by atoms with Crippen LogP contribution in [-0.2, 0) is 0 Å². The first-order valence-electron chi connectivity index (χ1n) is 7.97. The summed E-state index contributed by atoms with van der Waals surface area (Å²) < 4.78 is 5.18. The zero-order valence-electron chi connectivity index (χ0n) is 13.8. The Bertz CT molecular complexity index is 744. The Morgan fingerprint density at radius 1 is 1.04 bits per heavy atom. The second-order valence-corrected chi connectivity index (χ2v) is 6.57. The normalized spacial score (nSPS) is 14.4. The third kappa shape index (κ3) is 4.30. The van der Waals surface area contributed by atoms with E-state index in [-0.39, 0.29) is 6.03 Å². The quantitative estimate of drug-likeness (QED) is 0.861. The summed E-state index contributed by atoms with van der Waals surface area (Å²) in [5, 5.41) is 3.80. The molecule has 1 aliphatic rings. The van der Waals surface area contributed by atoms with Gasteiger partial charge in [0.25, 0.3) is 0 Å². The molecule has 0 unspecified atom stereocenters. The van der Waals surface area contributed by atoms with Crippen LogP contribution < -0.4 is 15.0 Å². The molecule has 0 atom stereocenters. The Morgan fingerprint density at radius 3 is 2.32 bits per heavy atom. The summed E-state index contributed by atoms with van der Waals surface area (Å²) in [6.45, 7) is 2.83. The fourth-order valence-corrected chi connectivity index (χ4v) is 3.20. The number of nitrogens with zero attached hydrogens (tertiary/aromatic N) is 2. The number of halogens is 2. The highest BCUT2D eigenvalue weighted by Gasteiger charge is 2.21. The summed E-state index contributed by atoms with van der Waals surface area (Å²) in [5.41, 5.74) is 1.69. The molecule has 1 heterocycles. The molecule has 0 radical (unpaired) electrons. The largest absolute Gasteiger partial charge is 0.497 e. The lowest BCUT2D eigenvalue weighted by Crippen LogP contribution is -2.50. The number of hydrogen-bond acceptors (Lipinski definition) is 3. The van der Waals surface area contributed by atoms with Gasteiger partial charge in [0, 0.05) is 36.9 Å². The maximum Gasteiger partial charge on any atom is 0.322 e. The maximum atomic E-state index is 12.4. The predicted molar refractivity (Wildman–Crippen MR) is 102 cm³/mol. The highest BCUT2D eigenvalue weighted by molar-refractivity contribution is 6.36. The lowest BCUT2D eigenvalue weighted by atomic mass is 10.2.